The molecule has 0 bridgehead atoms. The zero-order valence-corrected chi connectivity index (χ0v) is 12.4. The number of nitrogens with zero attached hydrogens (tertiary/aromatic N) is 3. The van der Waals surface area contributed by atoms with Crippen LogP contribution in [0.15, 0.2) is 34.7 Å². The summed E-state index contributed by atoms with van der Waals surface area (Å²) in [6.45, 7) is 7.04. The van der Waals surface area contributed by atoms with Crippen LogP contribution in [-0.4, -0.2) is 26.4 Å². The monoisotopic (exact) mass is 290 g/mol. The molecule has 3 rings (SSSR count). The normalized spacial score (nSPS) is 25.7. The third-order valence-corrected chi connectivity index (χ3v) is 4.70. The van der Waals surface area contributed by atoms with Crippen LogP contribution in [0.25, 0.3) is 6.08 Å². The maximum Gasteiger partial charge on any atom is 0.183 e. The van der Waals surface area contributed by atoms with Gasteiger partial charge in [-0.2, -0.15) is 5.06 Å². The van der Waals surface area contributed by atoms with E-state index in [1.54, 1.807) is 45.9 Å². The third kappa shape index (κ3) is 1.66. The summed E-state index contributed by atoms with van der Waals surface area (Å²) in [6.07, 6.45) is 1.61. The summed E-state index contributed by atoms with van der Waals surface area (Å²) in [5.41, 5.74) is -1.37. The highest BCUT2D eigenvalue weighted by Gasteiger charge is 2.57. The topological polar surface area (TPSA) is 59.0 Å². The Bertz CT molecular complexity index is 746. The molecule has 0 aliphatic carbocycles. The van der Waals surface area contributed by atoms with Crippen molar-refractivity contribution in [2.24, 2.45) is 4.99 Å². The fourth-order valence-electron chi connectivity index (χ4n) is 2.52. The molecule has 1 aromatic rings. The lowest BCUT2D eigenvalue weighted by atomic mass is 9.84. The van der Waals surface area contributed by atoms with Crippen molar-refractivity contribution in [3.8, 4) is 0 Å². The first-order chi connectivity index (χ1) is 9.68. The molecule has 111 valence electrons. The van der Waals surface area contributed by atoms with Crippen molar-refractivity contribution in [1.82, 2.24) is 10.1 Å². The van der Waals surface area contributed by atoms with Crippen LogP contribution in [0.1, 0.15) is 27.7 Å². The Labute approximate surface area is 121 Å². The van der Waals surface area contributed by atoms with Crippen LogP contribution in [-0.2, 0) is 5.21 Å². The van der Waals surface area contributed by atoms with Gasteiger partial charge in [-0.1, -0.05) is 17.3 Å². The van der Waals surface area contributed by atoms with E-state index < -0.39 is 16.9 Å². The van der Waals surface area contributed by atoms with Crippen molar-refractivity contribution in [2.45, 2.75) is 38.8 Å². The molecule has 0 aromatic heterocycles. The molecular weight excluding hydrogens is 273 g/mol. The first-order valence-corrected chi connectivity index (χ1v) is 6.73. The highest BCUT2D eigenvalue weighted by molar-refractivity contribution is 5.52. The van der Waals surface area contributed by atoms with E-state index >= 15 is 0 Å². The van der Waals surface area contributed by atoms with E-state index in [0.717, 1.165) is 10.1 Å². The lowest BCUT2D eigenvalue weighted by Gasteiger charge is -2.36. The minimum Gasteiger partial charge on any atom is -0.286 e. The molecule has 0 atom stereocenters. The van der Waals surface area contributed by atoms with Gasteiger partial charge < -0.3 is 0 Å². The number of benzene rings is 1. The molecule has 1 fully saturated rings. The fourth-order valence-corrected chi connectivity index (χ4v) is 2.52. The van der Waals surface area contributed by atoms with Crippen molar-refractivity contribution in [2.75, 3.05) is 0 Å². The molecule has 2 heterocycles. The van der Waals surface area contributed by atoms with Crippen molar-refractivity contribution in [3.63, 3.8) is 0 Å². The first kappa shape index (κ1) is 14.0. The van der Waals surface area contributed by atoms with Crippen molar-refractivity contribution < 1.29 is 14.8 Å². The van der Waals surface area contributed by atoms with Crippen LogP contribution in [0.4, 0.5) is 4.39 Å². The molecule has 2 aliphatic rings. The van der Waals surface area contributed by atoms with E-state index in [9.17, 15) is 14.8 Å². The van der Waals surface area contributed by atoms with Gasteiger partial charge in [0.1, 0.15) is 16.9 Å². The fraction of sp³-hybridized carbons (Fsp3) is 0.400. The summed E-state index contributed by atoms with van der Waals surface area (Å²) in [6, 6.07) is 4.62. The van der Waals surface area contributed by atoms with Crippen LogP contribution in [0.3, 0.4) is 0 Å². The van der Waals surface area contributed by atoms with Crippen LogP contribution in [0.5, 0.6) is 0 Å². The number of hydroxylamine groups is 4. The van der Waals surface area contributed by atoms with E-state index in [1.807, 2.05) is 0 Å². The van der Waals surface area contributed by atoms with E-state index in [4.69, 9.17) is 0 Å². The molecule has 2 aliphatic heterocycles. The predicted molar refractivity (Wildman–Crippen MR) is 73.0 cm³/mol. The van der Waals surface area contributed by atoms with Gasteiger partial charge in [0.25, 0.3) is 0 Å². The predicted octanol–water partition coefficient (Wildman–Crippen LogP) is 1.32. The zero-order chi connectivity index (χ0) is 15.6. The van der Waals surface area contributed by atoms with Crippen LogP contribution in [0.2, 0.25) is 0 Å². The second kappa shape index (κ2) is 4.05. The maximum absolute atomic E-state index is 13.7. The average Bonchev–Trinajstić information content (AvgIpc) is 2.87. The van der Waals surface area contributed by atoms with Gasteiger partial charge in [0.2, 0.25) is 0 Å². The minimum atomic E-state index is -0.846. The van der Waals surface area contributed by atoms with Gasteiger partial charge in [-0.3, -0.25) is 5.21 Å². The highest BCUT2D eigenvalue weighted by atomic mass is 19.1. The van der Waals surface area contributed by atoms with Gasteiger partial charge in [0, 0.05) is 5.22 Å². The maximum atomic E-state index is 13.7. The number of hydrogen-bond acceptors (Lipinski definition) is 4. The molecule has 6 heteroatoms. The smallest absolute Gasteiger partial charge is 0.183 e. The van der Waals surface area contributed by atoms with Crippen LogP contribution >= 0.6 is 0 Å². The summed E-state index contributed by atoms with van der Waals surface area (Å²) >= 11 is 0. The van der Waals surface area contributed by atoms with Gasteiger partial charge >= 0.3 is 0 Å². The lowest BCUT2D eigenvalue weighted by molar-refractivity contribution is -0.181. The Morgan fingerprint density at radius 1 is 1.19 bits per heavy atom. The minimum absolute atomic E-state index is 0.0422. The Morgan fingerprint density at radius 2 is 1.86 bits per heavy atom. The summed E-state index contributed by atoms with van der Waals surface area (Å²) < 4.78 is 13.7. The molecule has 0 spiro atoms. The highest BCUT2D eigenvalue weighted by Crippen LogP contribution is 2.44. The zero-order valence-electron chi connectivity index (χ0n) is 12.4. The third-order valence-electron chi connectivity index (χ3n) is 4.70. The first-order valence-electron chi connectivity index (χ1n) is 6.73. The quantitative estimate of drug-likeness (QED) is 0.784. The van der Waals surface area contributed by atoms with Gasteiger partial charge in [-0.25, -0.2) is 14.4 Å². The number of hydrogen-bond donors (Lipinski definition) is 1. The van der Waals surface area contributed by atoms with Gasteiger partial charge in [0.15, 0.2) is 5.82 Å². The van der Waals surface area contributed by atoms with Gasteiger partial charge in [0.05, 0.1) is 11.1 Å². The Hall–Kier alpha value is -1.92. The molecule has 1 aromatic carbocycles. The molecule has 21 heavy (non-hydrogen) atoms. The molecule has 1 N–H and O–H groups in total. The van der Waals surface area contributed by atoms with Crippen LogP contribution < -0.4 is 10.6 Å². The van der Waals surface area contributed by atoms with E-state index in [-0.39, 0.29) is 16.9 Å². The van der Waals surface area contributed by atoms with E-state index in [1.165, 1.54) is 6.07 Å². The Kier molecular flexibility index (Phi) is 2.71. The summed E-state index contributed by atoms with van der Waals surface area (Å²) in [5.74, 6) is -0.404. The van der Waals surface area contributed by atoms with E-state index in [0.29, 0.717) is 5.22 Å². The second-order valence-corrected chi connectivity index (χ2v) is 6.37. The van der Waals surface area contributed by atoms with Gasteiger partial charge in [-0.05, 0) is 39.8 Å². The number of allylic oxidation sites excluding steroid dienone is 1. The van der Waals surface area contributed by atoms with Crippen molar-refractivity contribution in [3.05, 3.63) is 46.1 Å². The molecule has 0 saturated carbocycles. The van der Waals surface area contributed by atoms with Crippen molar-refractivity contribution in [1.29, 1.82) is 0 Å². The summed E-state index contributed by atoms with van der Waals surface area (Å²) in [4.78, 5) is 4.17. The Morgan fingerprint density at radius 3 is 2.38 bits per heavy atom. The summed E-state index contributed by atoms with van der Waals surface area (Å²) in [5, 5.41) is 25.4. The second-order valence-electron chi connectivity index (χ2n) is 6.37. The van der Waals surface area contributed by atoms with Crippen LogP contribution in [0, 0.1) is 5.82 Å². The van der Waals surface area contributed by atoms with E-state index in [2.05, 4.69) is 4.99 Å². The number of rotatable bonds is 0. The molecule has 5 nitrogen and oxygen atoms in total. The molecule has 0 amide bonds. The molecule has 1 saturated heterocycles. The molecule has 1 radical (unpaired) electrons. The molecular formula is C15H17FN3O2. The number of halogens is 1. The number of fused-ring (bicyclic) bond motifs is 1. The van der Waals surface area contributed by atoms with Gasteiger partial charge in [-0.15, -0.1) is 0 Å². The summed E-state index contributed by atoms with van der Waals surface area (Å²) in [7, 11) is 0. The molecule has 0 unspecified atom stereocenters. The SMILES string of the molecule is CC1(C)N([O])/C(=C2\C=c3cccc(F)c3=N2)N(O)C1(C)C. The lowest BCUT2D eigenvalue weighted by Crippen LogP contribution is -2.52. The van der Waals surface area contributed by atoms with Crippen molar-refractivity contribution >= 4 is 6.08 Å². The average molecular weight is 290 g/mol. The Balaban J connectivity index is 2.25. The number of para-hydroxylation sites is 1. The largest absolute Gasteiger partial charge is 0.286 e. The standard InChI is InChI=1S/C15H17FN3O2/c1-14(2)15(3,4)19(21)13(18(14)20)11-8-9-6-5-7-10(16)12(9)17-11/h5-8,20H,1-4H3/b13-11+.